The van der Waals surface area contributed by atoms with Crippen molar-refractivity contribution < 1.29 is 4.39 Å². The van der Waals surface area contributed by atoms with E-state index < -0.39 is 5.82 Å². The summed E-state index contributed by atoms with van der Waals surface area (Å²) in [5, 5.41) is 12.1. The zero-order chi connectivity index (χ0) is 23.3. The first kappa shape index (κ1) is 23.3. The lowest BCUT2D eigenvalue weighted by Crippen LogP contribution is -2.17. The van der Waals surface area contributed by atoms with Crippen LogP contribution in [-0.4, -0.2) is 35.6 Å². The van der Waals surface area contributed by atoms with Gasteiger partial charge in [-0.1, -0.05) is 30.1 Å². The minimum Gasteiger partial charge on any atom is -0.382 e. The Hall–Kier alpha value is -3.37. The molecule has 4 aromatic heterocycles. The van der Waals surface area contributed by atoms with Crippen molar-refractivity contribution in [2.45, 2.75) is 26.3 Å². The third-order valence-electron chi connectivity index (χ3n) is 4.48. The van der Waals surface area contributed by atoms with Crippen LogP contribution in [0.5, 0.6) is 0 Å². The van der Waals surface area contributed by atoms with E-state index in [2.05, 4.69) is 39.3 Å². The highest BCUT2D eigenvalue weighted by Crippen LogP contribution is 2.32. The van der Waals surface area contributed by atoms with E-state index in [0.717, 1.165) is 17.8 Å². The summed E-state index contributed by atoms with van der Waals surface area (Å²) >= 11 is 12.0. The second kappa shape index (κ2) is 10.3. The van der Waals surface area contributed by atoms with Gasteiger partial charge in [0.25, 0.3) is 0 Å². The summed E-state index contributed by atoms with van der Waals surface area (Å²) in [6, 6.07) is 3.77. The van der Waals surface area contributed by atoms with Gasteiger partial charge < -0.3 is 16.8 Å². The Morgan fingerprint density at radius 2 is 1.50 bits per heavy atom. The number of aromatic nitrogens is 6. The molecule has 4 heterocycles. The van der Waals surface area contributed by atoms with Crippen LogP contribution >= 0.6 is 23.2 Å². The van der Waals surface area contributed by atoms with Crippen molar-refractivity contribution in [1.29, 1.82) is 0 Å². The standard InChI is InChI=1S/C12H16ClN5.C8H6ClFN4/c1-3-8(2)17-10-11(18-6-4-5-16-18)9(13)7-15-12(10)14;9-5-4-12-8(11)6(10)7(5)14-3-1-2-13-14/h4-8,17H,3H2,1-2H3,(H2,14,15);1-4H,(H2,11,12)/t8-;/m1./s1. The van der Waals surface area contributed by atoms with E-state index in [-0.39, 0.29) is 22.6 Å². The van der Waals surface area contributed by atoms with Crippen LogP contribution in [0, 0.1) is 5.82 Å². The predicted molar refractivity (Wildman–Crippen MR) is 125 cm³/mol. The summed E-state index contributed by atoms with van der Waals surface area (Å²) in [5.74, 6) is -0.439. The topological polar surface area (TPSA) is 125 Å². The number of hydrogen-bond donors (Lipinski definition) is 3. The van der Waals surface area contributed by atoms with Gasteiger partial charge in [0.1, 0.15) is 22.9 Å². The van der Waals surface area contributed by atoms with E-state index in [1.807, 2.05) is 12.3 Å². The Morgan fingerprint density at radius 3 is 2.03 bits per heavy atom. The highest BCUT2D eigenvalue weighted by Gasteiger charge is 2.16. The number of nitrogens with zero attached hydrogens (tertiary/aromatic N) is 6. The Balaban J connectivity index is 0.000000186. The lowest BCUT2D eigenvalue weighted by atomic mass is 10.2. The van der Waals surface area contributed by atoms with E-state index in [0.29, 0.717) is 10.8 Å². The molecular formula is C20H22Cl2FN9. The van der Waals surface area contributed by atoms with E-state index in [9.17, 15) is 4.39 Å². The first-order valence-corrected chi connectivity index (χ1v) is 10.4. The zero-order valence-corrected chi connectivity index (χ0v) is 18.9. The number of nitrogen functional groups attached to an aromatic ring is 2. The smallest absolute Gasteiger partial charge is 0.192 e. The van der Waals surface area contributed by atoms with E-state index in [4.69, 9.17) is 34.7 Å². The molecule has 32 heavy (non-hydrogen) atoms. The number of nitrogens with two attached hydrogens (primary N) is 2. The summed E-state index contributed by atoms with van der Waals surface area (Å²) in [4.78, 5) is 7.66. The number of rotatable bonds is 5. The molecule has 12 heteroatoms. The Bertz CT molecular complexity index is 1160. The van der Waals surface area contributed by atoms with Crippen molar-refractivity contribution in [1.82, 2.24) is 29.5 Å². The van der Waals surface area contributed by atoms with Crippen LogP contribution in [0.4, 0.5) is 21.7 Å². The minimum absolute atomic E-state index is 0.115. The van der Waals surface area contributed by atoms with Gasteiger partial charge in [0.2, 0.25) is 0 Å². The number of anilines is 3. The fraction of sp³-hybridized carbons (Fsp3) is 0.200. The van der Waals surface area contributed by atoms with Gasteiger partial charge in [-0.05, 0) is 25.5 Å². The lowest BCUT2D eigenvalue weighted by molar-refractivity contribution is 0.610. The Morgan fingerprint density at radius 1 is 0.969 bits per heavy atom. The molecule has 0 aliphatic heterocycles. The van der Waals surface area contributed by atoms with Crippen LogP contribution in [0.1, 0.15) is 20.3 Å². The summed E-state index contributed by atoms with van der Waals surface area (Å²) in [7, 11) is 0. The fourth-order valence-corrected chi connectivity index (χ4v) is 3.14. The molecule has 0 bridgehead atoms. The normalized spacial score (nSPS) is 11.5. The Labute approximate surface area is 194 Å². The van der Waals surface area contributed by atoms with E-state index >= 15 is 0 Å². The maximum Gasteiger partial charge on any atom is 0.192 e. The average molecular weight is 478 g/mol. The summed E-state index contributed by atoms with van der Waals surface area (Å²) in [5.41, 5.74) is 12.8. The molecule has 4 rings (SSSR count). The van der Waals surface area contributed by atoms with E-state index in [1.165, 1.54) is 23.3 Å². The van der Waals surface area contributed by atoms with Crippen molar-refractivity contribution >= 4 is 40.5 Å². The van der Waals surface area contributed by atoms with Gasteiger partial charge in [-0.3, -0.25) is 0 Å². The second-order valence-corrected chi connectivity index (χ2v) is 7.54. The molecular weight excluding hydrogens is 456 g/mol. The van der Waals surface area contributed by atoms with Crippen LogP contribution < -0.4 is 16.8 Å². The van der Waals surface area contributed by atoms with Crippen LogP contribution in [0.15, 0.2) is 49.3 Å². The molecule has 5 N–H and O–H groups in total. The van der Waals surface area contributed by atoms with Crippen molar-refractivity contribution in [3.8, 4) is 11.4 Å². The SMILES string of the molecule is CC[C@@H](C)Nc1c(N)ncc(Cl)c1-n1cccn1.Nc1ncc(Cl)c(-n2cccn2)c1F. The minimum atomic E-state index is -0.666. The maximum absolute atomic E-state index is 13.5. The molecule has 0 aliphatic carbocycles. The molecule has 0 saturated heterocycles. The summed E-state index contributed by atoms with van der Waals surface area (Å²) < 4.78 is 16.5. The third kappa shape index (κ3) is 5.09. The quantitative estimate of drug-likeness (QED) is 0.389. The first-order chi connectivity index (χ1) is 15.3. The number of pyridine rings is 2. The molecule has 0 amide bonds. The summed E-state index contributed by atoms with van der Waals surface area (Å²) in [6.45, 7) is 4.17. The number of hydrogen-bond acceptors (Lipinski definition) is 7. The highest BCUT2D eigenvalue weighted by atomic mass is 35.5. The predicted octanol–water partition coefficient (Wildman–Crippen LogP) is 4.36. The lowest BCUT2D eigenvalue weighted by Gasteiger charge is -2.18. The Kier molecular flexibility index (Phi) is 7.49. The van der Waals surface area contributed by atoms with E-state index in [1.54, 1.807) is 23.1 Å². The summed E-state index contributed by atoms with van der Waals surface area (Å²) in [6.07, 6.45) is 10.4. The number of halogens is 3. The van der Waals surface area contributed by atoms with Gasteiger partial charge in [-0.25, -0.2) is 23.7 Å². The fourth-order valence-electron chi connectivity index (χ4n) is 2.69. The number of nitrogens with one attached hydrogen (secondary N) is 1. The van der Waals surface area contributed by atoms with Gasteiger partial charge in [0.15, 0.2) is 11.6 Å². The zero-order valence-electron chi connectivity index (χ0n) is 17.4. The van der Waals surface area contributed by atoms with Crippen LogP contribution in [0.2, 0.25) is 10.0 Å². The van der Waals surface area contributed by atoms with Crippen molar-refractivity contribution in [3.05, 3.63) is 65.2 Å². The molecule has 0 aliphatic rings. The van der Waals surface area contributed by atoms with Crippen LogP contribution in [0.25, 0.3) is 11.4 Å². The molecule has 0 spiro atoms. The molecule has 4 aromatic rings. The molecule has 9 nitrogen and oxygen atoms in total. The van der Waals surface area contributed by atoms with Gasteiger partial charge in [0, 0.05) is 30.8 Å². The third-order valence-corrected chi connectivity index (χ3v) is 5.04. The molecule has 0 aromatic carbocycles. The van der Waals surface area contributed by atoms with Crippen molar-refractivity contribution in [2.75, 3.05) is 16.8 Å². The molecule has 0 fully saturated rings. The highest BCUT2D eigenvalue weighted by molar-refractivity contribution is 6.33. The second-order valence-electron chi connectivity index (χ2n) is 6.72. The van der Waals surface area contributed by atoms with Crippen molar-refractivity contribution in [2.24, 2.45) is 0 Å². The average Bonchev–Trinajstić information content (AvgIpc) is 3.49. The van der Waals surface area contributed by atoms with Crippen LogP contribution in [0.3, 0.4) is 0 Å². The van der Waals surface area contributed by atoms with Gasteiger partial charge in [-0.2, -0.15) is 10.2 Å². The van der Waals surface area contributed by atoms with Gasteiger partial charge in [0.05, 0.1) is 22.4 Å². The largest absolute Gasteiger partial charge is 0.382 e. The maximum atomic E-state index is 13.5. The molecule has 0 unspecified atom stereocenters. The van der Waals surface area contributed by atoms with Gasteiger partial charge >= 0.3 is 0 Å². The monoisotopic (exact) mass is 477 g/mol. The van der Waals surface area contributed by atoms with Crippen LogP contribution in [-0.2, 0) is 0 Å². The molecule has 0 saturated carbocycles. The van der Waals surface area contributed by atoms with Gasteiger partial charge in [-0.15, -0.1) is 0 Å². The van der Waals surface area contributed by atoms with Crippen molar-refractivity contribution in [3.63, 3.8) is 0 Å². The first-order valence-electron chi connectivity index (χ1n) is 9.63. The molecule has 1 atom stereocenters. The molecule has 0 radical (unpaired) electrons. The molecule has 168 valence electrons.